The van der Waals surface area contributed by atoms with Crippen molar-refractivity contribution in [2.24, 2.45) is 17.6 Å². The molecule has 0 aromatic carbocycles. The van der Waals surface area contributed by atoms with Crippen molar-refractivity contribution in [2.45, 2.75) is 46.2 Å². The lowest BCUT2D eigenvalue weighted by Gasteiger charge is -2.25. The van der Waals surface area contributed by atoms with Crippen molar-refractivity contribution in [1.29, 1.82) is 0 Å². The lowest BCUT2D eigenvalue weighted by Crippen LogP contribution is -2.50. The standard InChI is InChI=1S/C13H27N3O2/c1-8(2)7-11(13(18)16(5)6)15-12(17)9(3)10(4)14/h8-11H,7,14H2,1-6H3,(H,15,17). The molecule has 18 heavy (non-hydrogen) atoms. The highest BCUT2D eigenvalue weighted by Crippen LogP contribution is 2.09. The third-order valence-electron chi connectivity index (χ3n) is 2.96. The van der Waals surface area contributed by atoms with E-state index in [1.807, 2.05) is 13.8 Å². The molecule has 0 bridgehead atoms. The van der Waals surface area contributed by atoms with Gasteiger partial charge in [-0.05, 0) is 19.3 Å². The summed E-state index contributed by atoms with van der Waals surface area (Å²) in [6, 6.07) is -0.687. The molecule has 0 aliphatic rings. The molecule has 3 unspecified atom stereocenters. The van der Waals surface area contributed by atoms with Crippen molar-refractivity contribution in [1.82, 2.24) is 10.2 Å². The first-order chi connectivity index (χ1) is 8.16. The maximum atomic E-state index is 12.0. The lowest BCUT2D eigenvalue weighted by atomic mass is 9.99. The molecular formula is C13H27N3O2. The van der Waals surface area contributed by atoms with Crippen molar-refractivity contribution in [3.05, 3.63) is 0 Å². The van der Waals surface area contributed by atoms with Crippen molar-refractivity contribution >= 4 is 11.8 Å². The lowest BCUT2D eigenvalue weighted by molar-refractivity contribution is -0.136. The van der Waals surface area contributed by atoms with Gasteiger partial charge in [0.15, 0.2) is 0 Å². The highest BCUT2D eigenvalue weighted by atomic mass is 16.2. The molecule has 0 aliphatic carbocycles. The van der Waals surface area contributed by atoms with Crippen LogP contribution in [0.4, 0.5) is 0 Å². The van der Waals surface area contributed by atoms with E-state index in [0.717, 1.165) is 0 Å². The van der Waals surface area contributed by atoms with Crippen molar-refractivity contribution in [3.8, 4) is 0 Å². The molecule has 5 heteroatoms. The van der Waals surface area contributed by atoms with Gasteiger partial charge in [-0.25, -0.2) is 0 Å². The molecule has 0 saturated heterocycles. The second-order valence-electron chi connectivity index (χ2n) is 5.57. The molecule has 3 atom stereocenters. The van der Waals surface area contributed by atoms with Crippen molar-refractivity contribution < 1.29 is 9.59 Å². The summed E-state index contributed by atoms with van der Waals surface area (Å²) < 4.78 is 0. The van der Waals surface area contributed by atoms with E-state index < -0.39 is 6.04 Å². The fraction of sp³-hybridized carbons (Fsp3) is 0.846. The average Bonchev–Trinajstić information content (AvgIpc) is 2.24. The van der Waals surface area contributed by atoms with Gasteiger partial charge in [0.05, 0.1) is 0 Å². The van der Waals surface area contributed by atoms with Crippen LogP contribution >= 0.6 is 0 Å². The predicted octanol–water partition coefficient (Wildman–Crippen LogP) is 0.589. The fourth-order valence-corrected chi connectivity index (χ4v) is 1.55. The summed E-state index contributed by atoms with van der Waals surface area (Å²) in [6.07, 6.45) is 0.633. The molecule has 5 nitrogen and oxygen atoms in total. The number of carbonyl (C=O) groups is 2. The molecule has 0 aliphatic heterocycles. The summed E-state index contributed by atoms with van der Waals surface area (Å²) in [6.45, 7) is 7.61. The van der Waals surface area contributed by atoms with Gasteiger partial charge in [0.1, 0.15) is 6.04 Å². The normalized spacial score (nSPS) is 16.0. The predicted molar refractivity (Wildman–Crippen MR) is 72.9 cm³/mol. The number of nitrogens with one attached hydrogen (secondary N) is 1. The molecular weight excluding hydrogens is 230 g/mol. The zero-order valence-corrected chi connectivity index (χ0v) is 12.4. The van der Waals surface area contributed by atoms with Gasteiger partial charge in [0.2, 0.25) is 11.8 Å². The minimum atomic E-state index is -0.464. The van der Waals surface area contributed by atoms with Gasteiger partial charge in [-0.3, -0.25) is 9.59 Å². The van der Waals surface area contributed by atoms with Crippen molar-refractivity contribution in [2.75, 3.05) is 14.1 Å². The first-order valence-electron chi connectivity index (χ1n) is 6.43. The van der Waals surface area contributed by atoms with Gasteiger partial charge < -0.3 is 16.0 Å². The van der Waals surface area contributed by atoms with Gasteiger partial charge in [0, 0.05) is 26.1 Å². The second-order valence-corrected chi connectivity index (χ2v) is 5.57. The number of likely N-dealkylation sites (N-methyl/N-ethyl adjacent to an activating group) is 1. The van der Waals surface area contributed by atoms with E-state index in [2.05, 4.69) is 5.32 Å². The second kappa shape index (κ2) is 7.36. The van der Waals surface area contributed by atoms with Crippen LogP contribution in [-0.2, 0) is 9.59 Å². The van der Waals surface area contributed by atoms with Crippen LogP contribution in [0.25, 0.3) is 0 Å². The van der Waals surface area contributed by atoms with Crippen LogP contribution in [-0.4, -0.2) is 42.9 Å². The number of hydrogen-bond acceptors (Lipinski definition) is 3. The average molecular weight is 257 g/mol. The van der Waals surface area contributed by atoms with Crippen LogP contribution in [0, 0.1) is 11.8 Å². The van der Waals surface area contributed by atoms with E-state index in [-0.39, 0.29) is 23.8 Å². The Balaban J connectivity index is 4.69. The highest BCUT2D eigenvalue weighted by molar-refractivity contribution is 5.88. The number of hydrogen-bond donors (Lipinski definition) is 2. The van der Waals surface area contributed by atoms with E-state index >= 15 is 0 Å². The van der Waals surface area contributed by atoms with E-state index in [1.165, 1.54) is 4.90 Å². The molecule has 0 aromatic rings. The van der Waals surface area contributed by atoms with Crippen LogP contribution in [0.5, 0.6) is 0 Å². The van der Waals surface area contributed by atoms with Crippen LogP contribution in [0.15, 0.2) is 0 Å². The van der Waals surface area contributed by atoms with Crippen LogP contribution in [0.1, 0.15) is 34.1 Å². The molecule has 106 valence electrons. The van der Waals surface area contributed by atoms with Gasteiger partial charge in [0.25, 0.3) is 0 Å². The minimum Gasteiger partial charge on any atom is -0.347 e. The zero-order valence-electron chi connectivity index (χ0n) is 12.4. The number of nitrogens with two attached hydrogens (primary N) is 1. The maximum absolute atomic E-state index is 12.0. The van der Waals surface area contributed by atoms with E-state index in [9.17, 15) is 9.59 Å². The zero-order chi connectivity index (χ0) is 14.5. The Morgan fingerprint density at radius 1 is 1.17 bits per heavy atom. The van der Waals surface area contributed by atoms with Gasteiger partial charge in [-0.2, -0.15) is 0 Å². The Labute approximate surface area is 110 Å². The summed E-state index contributed by atoms with van der Waals surface area (Å²) in [5.74, 6) is -0.195. The molecule has 0 radical (unpaired) electrons. The van der Waals surface area contributed by atoms with Crippen molar-refractivity contribution in [3.63, 3.8) is 0 Å². The summed E-state index contributed by atoms with van der Waals surface area (Å²) in [7, 11) is 3.38. The molecule has 3 N–H and O–H groups in total. The molecule has 0 heterocycles. The summed E-state index contributed by atoms with van der Waals surface area (Å²) in [4.78, 5) is 25.4. The Hall–Kier alpha value is -1.10. The number of amides is 2. The van der Waals surface area contributed by atoms with Crippen LogP contribution < -0.4 is 11.1 Å². The summed E-state index contributed by atoms with van der Waals surface area (Å²) in [5.41, 5.74) is 5.69. The highest BCUT2D eigenvalue weighted by Gasteiger charge is 2.26. The Morgan fingerprint density at radius 3 is 2.00 bits per heavy atom. The molecule has 0 fully saturated rings. The Morgan fingerprint density at radius 2 is 1.67 bits per heavy atom. The largest absolute Gasteiger partial charge is 0.347 e. The first kappa shape index (κ1) is 16.9. The summed E-state index contributed by atoms with van der Waals surface area (Å²) in [5, 5.41) is 2.80. The third kappa shape index (κ3) is 5.49. The molecule has 0 spiro atoms. The van der Waals surface area contributed by atoms with E-state index in [0.29, 0.717) is 12.3 Å². The number of nitrogens with zero attached hydrogens (tertiary/aromatic N) is 1. The monoisotopic (exact) mass is 257 g/mol. The van der Waals surface area contributed by atoms with E-state index in [4.69, 9.17) is 5.73 Å². The van der Waals surface area contributed by atoms with Gasteiger partial charge in [-0.1, -0.05) is 20.8 Å². The first-order valence-corrected chi connectivity index (χ1v) is 6.43. The molecule has 0 rings (SSSR count). The Kier molecular flexibility index (Phi) is 6.91. The minimum absolute atomic E-state index is 0.0751. The third-order valence-corrected chi connectivity index (χ3v) is 2.96. The molecule has 2 amide bonds. The fourth-order valence-electron chi connectivity index (χ4n) is 1.55. The number of carbonyl (C=O) groups excluding carboxylic acids is 2. The molecule has 0 saturated carbocycles. The molecule has 0 aromatic heterocycles. The number of rotatable bonds is 6. The van der Waals surface area contributed by atoms with Crippen LogP contribution in [0.2, 0.25) is 0 Å². The van der Waals surface area contributed by atoms with Gasteiger partial charge >= 0.3 is 0 Å². The topological polar surface area (TPSA) is 75.4 Å². The maximum Gasteiger partial charge on any atom is 0.244 e. The van der Waals surface area contributed by atoms with Crippen LogP contribution in [0.3, 0.4) is 0 Å². The van der Waals surface area contributed by atoms with Gasteiger partial charge in [-0.15, -0.1) is 0 Å². The summed E-state index contributed by atoms with van der Waals surface area (Å²) >= 11 is 0. The smallest absolute Gasteiger partial charge is 0.244 e. The quantitative estimate of drug-likeness (QED) is 0.731. The van der Waals surface area contributed by atoms with E-state index in [1.54, 1.807) is 27.9 Å². The SMILES string of the molecule is CC(C)CC(NC(=O)C(C)C(C)N)C(=O)N(C)C. The Bertz CT molecular complexity index is 288.